The molecule has 0 aliphatic rings. The first-order valence-electron chi connectivity index (χ1n) is 9.36. The van der Waals surface area contributed by atoms with E-state index in [0.29, 0.717) is 5.92 Å². The summed E-state index contributed by atoms with van der Waals surface area (Å²) in [6, 6.07) is 16.4. The molecule has 2 aromatic rings. The summed E-state index contributed by atoms with van der Waals surface area (Å²) in [5.74, 6) is 2.40. The summed E-state index contributed by atoms with van der Waals surface area (Å²) in [7, 11) is 0. The van der Waals surface area contributed by atoms with Gasteiger partial charge in [0.1, 0.15) is 17.6 Å². The summed E-state index contributed by atoms with van der Waals surface area (Å²) < 4.78 is 11.9. The Balaban J connectivity index is 1.92. The number of benzene rings is 2. The van der Waals surface area contributed by atoms with Gasteiger partial charge in [0, 0.05) is 11.8 Å². The topological polar surface area (TPSA) is 30.5 Å². The molecule has 0 fully saturated rings. The van der Waals surface area contributed by atoms with Crippen molar-refractivity contribution in [1.82, 2.24) is 0 Å². The van der Waals surface area contributed by atoms with Gasteiger partial charge in [0.2, 0.25) is 0 Å². The van der Waals surface area contributed by atoms with E-state index in [9.17, 15) is 0 Å². The molecule has 2 unspecified atom stereocenters. The number of para-hydroxylation sites is 1. The minimum absolute atomic E-state index is 0.0745. The Kier molecular flexibility index (Phi) is 7.65. The molecule has 136 valence electrons. The van der Waals surface area contributed by atoms with E-state index in [4.69, 9.17) is 9.47 Å². The third-order valence-corrected chi connectivity index (χ3v) is 4.29. The maximum Gasteiger partial charge on any atom is 0.123 e. The fourth-order valence-corrected chi connectivity index (χ4v) is 2.65. The summed E-state index contributed by atoms with van der Waals surface area (Å²) in [5, 5.41) is 3.44. The van der Waals surface area contributed by atoms with Gasteiger partial charge in [-0.1, -0.05) is 45.0 Å². The van der Waals surface area contributed by atoms with Crippen molar-refractivity contribution < 1.29 is 9.47 Å². The minimum Gasteiger partial charge on any atom is -0.494 e. The van der Waals surface area contributed by atoms with Crippen molar-refractivity contribution in [2.45, 2.75) is 52.6 Å². The molecule has 0 saturated heterocycles. The van der Waals surface area contributed by atoms with Gasteiger partial charge in [-0.2, -0.15) is 0 Å². The van der Waals surface area contributed by atoms with E-state index in [1.54, 1.807) is 0 Å². The van der Waals surface area contributed by atoms with Gasteiger partial charge in [0.25, 0.3) is 0 Å². The summed E-state index contributed by atoms with van der Waals surface area (Å²) in [6.45, 7) is 10.1. The lowest BCUT2D eigenvalue weighted by molar-refractivity contribution is 0.231. The summed E-state index contributed by atoms with van der Waals surface area (Å²) in [4.78, 5) is 0. The fourth-order valence-electron chi connectivity index (χ4n) is 2.65. The molecule has 25 heavy (non-hydrogen) atoms. The van der Waals surface area contributed by atoms with Gasteiger partial charge < -0.3 is 14.8 Å². The van der Waals surface area contributed by atoms with Crippen LogP contribution in [0.4, 0.5) is 5.69 Å². The molecule has 0 amide bonds. The van der Waals surface area contributed by atoms with Crippen LogP contribution in [-0.2, 0) is 0 Å². The van der Waals surface area contributed by atoms with Crippen LogP contribution in [0.25, 0.3) is 0 Å². The number of hydrogen-bond acceptors (Lipinski definition) is 3. The van der Waals surface area contributed by atoms with Crippen LogP contribution in [0.1, 0.15) is 52.0 Å². The third-order valence-electron chi connectivity index (χ3n) is 4.29. The van der Waals surface area contributed by atoms with Crippen molar-refractivity contribution in [2.24, 2.45) is 0 Å². The molecule has 0 radical (unpaired) electrons. The second-order valence-electron chi connectivity index (χ2n) is 6.53. The fraction of sp³-hybridized carbons (Fsp3) is 0.455. The zero-order valence-corrected chi connectivity index (χ0v) is 15.9. The second kappa shape index (κ2) is 9.97. The maximum atomic E-state index is 6.19. The molecule has 2 aromatic carbocycles. The number of nitrogens with one attached hydrogen (secondary N) is 1. The average molecular weight is 341 g/mol. The molecule has 0 spiro atoms. The van der Waals surface area contributed by atoms with Crippen LogP contribution in [0, 0.1) is 0 Å². The molecule has 0 heterocycles. The summed E-state index contributed by atoms with van der Waals surface area (Å²) in [5.41, 5.74) is 2.34. The van der Waals surface area contributed by atoms with E-state index in [-0.39, 0.29) is 6.10 Å². The number of anilines is 1. The highest BCUT2D eigenvalue weighted by molar-refractivity contribution is 5.48. The van der Waals surface area contributed by atoms with Crippen LogP contribution in [0.5, 0.6) is 11.5 Å². The van der Waals surface area contributed by atoms with Crippen molar-refractivity contribution >= 4 is 5.69 Å². The highest BCUT2D eigenvalue weighted by Crippen LogP contribution is 2.29. The molecule has 0 aromatic heterocycles. The summed E-state index contributed by atoms with van der Waals surface area (Å²) in [6.07, 6.45) is 2.20. The molecular weight excluding hydrogens is 310 g/mol. The van der Waals surface area contributed by atoms with Crippen molar-refractivity contribution in [2.75, 3.05) is 18.5 Å². The molecule has 3 heteroatoms. The quantitative estimate of drug-likeness (QED) is 0.586. The van der Waals surface area contributed by atoms with E-state index in [0.717, 1.165) is 43.2 Å². The molecule has 0 aliphatic heterocycles. The van der Waals surface area contributed by atoms with Crippen molar-refractivity contribution in [3.8, 4) is 11.5 Å². The Morgan fingerprint density at radius 2 is 1.80 bits per heavy atom. The summed E-state index contributed by atoms with van der Waals surface area (Å²) >= 11 is 0. The Morgan fingerprint density at radius 1 is 1.00 bits per heavy atom. The molecule has 3 nitrogen and oxygen atoms in total. The van der Waals surface area contributed by atoms with Gasteiger partial charge in [0.05, 0.1) is 13.2 Å². The van der Waals surface area contributed by atoms with Crippen LogP contribution in [0.3, 0.4) is 0 Å². The van der Waals surface area contributed by atoms with Crippen molar-refractivity contribution in [3.63, 3.8) is 0 Å². The molecule has 0 saturated carbocycles. The minimum atomic E-state index is 0.0745. The van der Waals surface area contributed by atoms with Crippen LogP contribution in [-0.4, -0.2) is 19.3 Å². The van der Waals surface area contributed by atoms with Crippen LogP contribution < -0.4 is 14.8 Å². The predicted octanol–water partition coefficient (Wildman–Crippen LogP) is 5.87. The van der Waals surface area contributed by atoms with Crippen LogP contribution >= 0.6 is 0 Å². The van der Waals surface area contributed by atoms with Crippen molar-refractivity contribution in [1.29, 1.82) is 0 Å². The lowest BCUT2D eigenvalue weighted by Crippen LogP contribution is -2.23. The highest BCUT2D eigenvalue weighted by atomic mass is 16.5. The number of hydrogen-bond donors (Lipinski definition) is 1. The third kappa shape index (κ3) is 6.00. The monoisotopic (exact) mass is 341 g/mol. The first-order chi connectivity index (χ1) is 12.1. The van der Waals surface area contributed by atoms with E-state index in [2.05, 4.69) is 57.3 Å². The van der Waals surface area contributed by atoms with Gasteiger partial charge in [-0.15, -0.1) is 0 Å². The van der Waals surface area contributed by atoms with Gasteiger partial charge >= 0.3 is 0 Å². The first kappa shape index (κ1) is 19.2. The zero-order valence-electron chi connectivity index (χ0n) is 15.9. The predicted molar refractivity (Wildman–Crippen MR) is 106 cm³/mol. The molecule has 0 bridgehead atoms. The first-order valence-corrected chi connectivity index (χ1v) is 9.36. The standard InChI is InChI=1S/C22H31NO2/c1-5-14-24-20-11-9-10-19(15-20)23-16-18(4)25-22-13-8-7-12-21(22)17(3)6-2/h7-13,15,17-18,23H,5-6,14,16H2,1-4H3. The zero-order chi connectivity index (χ0) is 18.1. The largest absolute Gasteiger partial charge is 0.494 e. The molecule has 0 aliphatic carbocycles. The van der Waals surface area contributed by atoms with Gasteiger partial charge in [-0.05, 0) is 49.4 Å². The molecule has 2 rings (SSSR count). The van der Waals surface area contributed by atoms with Crippen molar-refractivity contribution in [3.05, 3.63) is 54.1 Å². The maximum absolute atomic E-state index is 6.19. The van der Waals surface area contributed by atoms with Crippen LogP contribution in [0.2, 0.25) is 0 Å². The van der Waals surface area contributed by atoms with Crippen LogP contribution in [0.15, 0.2) is 48.5 Å². The van der Waals surface area contributed by atoms with E-state index in [1.165, 1.54) is 5.56 Å². The lowest BCUT2D eigenvalue weighted by atomic mass is 9.98. The SMILES string of the molecule is CCCOc1cccc(NCC(C)Oc2ccccc2C(C)CC)c1. The average Bonchev–Trinajstić information content (AvgIpc) is 2.65. The smallest absolute Gasteiger partial charge is 0.123 e. The van der Waals surface area contributed by atoms with E-state index < -0.39 is 0 Å². The number of rotatable bonds is 10. The van der Waals surface area contributed by atoms with E-state index >= 15 is 0 Å². The second-order valence-corrected chi connectivity index (χ2v) is 6.53. The van der Waals surface area contributed by atoms with E-state index in [1.807, 2.05) is 24.3 Å². The van der Waals surface area contributed by atoms with Gasteiger partial charge in [0.15, 0.2) is 0 Å². The Morgan fingerprint density at radius 3 is 2.56 bits per heavy atom. The Hall–Kier alpha value is -2.16. The van der Waals surface area contributed by atoms with Gasteiger partial charge in [-0.25, -0.2) is 0 Å². The molecule has 2 atom stereocenters. The molecular formula is C22H31NO2. The normalized spacial score (nSPS) is 13.1. The number of ether oxygens (including phenoxy) is 2. The Bertz CT molecular complexity index is 641. The highest BCUT2D eigenvalue weighted by Gasteiger charge is 2.12. The van der Waals surface area contributed by atoms with Gasteiger partial charge in [-0.3, -0.25) is 0 Å². The Labute approximate surface area is 152 Å². The molecule has 1 N–H and O–H groups in total. The lowest BCUT2D eigenvalue weighted by Gasteiger charge is -2.21.